The fourth-order valence-electron chi connectivity index (χ4n) is 15.8. The van der Waals surface area contributed by atoms with Crippen molar-refractivity contribution in [3.05, 3.63) is 79.9 Å². The first-order valence-corrected chi connectivity index (χ1v) is 35.5. The highest BCUT2D eigenvalue weighted by Crippen LogP contribution is 2.58. The summed E-state index contributed by atoms with van der Waals surface area (Å²) in [5, 5.41) is 65.0. The van der Waals surface area contributed by atoms with Crippen molar-refractivity contribution in [2.24, 2.45) is 17.8 Å². The number of phenolic OH excluding ortho intramolecular Hbond substituents is 3. The third kappa shape index (κ3) is 18.1. The van der Waals surface area contributed by atoms with Crippen molar-refractivity contribution in [1.29, 1.82) is 0 Å². The first-order valence-electron chi connectivity index (χ1n) is 33.3. The normalized spacial score (nSPS) is 24.6. The van der Waals surface area contributed by atoms with Crippen LogP contribution in [-0.2, 0) is 25.9 Å². The Balaban J connectivity index is 0.000000210. The van der Waals surface area contributed by atoms with Crippen molar-refractivity contribution in [3.8, 4) is 34.5 Å². The lowest BCUT2D eigenvalue weighted by atomic mass is 9.65. The van der Waals surface area contributed by atoms with Crippen LogP contribution in [0.25, 0.3) is 0 Å². The molecule has 496 valence electrons. The summed E-state index contributed by atoms with van der Waals surface area (Å²) in [7, 11) is 0. The van der Waals surface area contributed by atoms with Gasteiger partial charge in [0.25, 0.3) is 5.09 Å². The van der Waals surface area contributed by atoms with Crippen LogP contribution in [0.3, 0.4) is 0 Å². The maximum Gasteiger partial charge on any atom is 0.294 e. The third-order valence-electron chi connectivity index (χ3n) is 21.2. The fraction of sp³-hybridized carbons (Fsp3) is 0.740. The average molecular weight is 1360 g/mol. The topological polar surface area (TPSA) is 198 Å². The molecule has 0 amide bonds. The number of unbranched alkanes of at least 4 members (excludes halogenated alkanes) is 9. The Kier molecular flexibility index (Phi) is 25.6. The van der Waals surface area contributed by atoms with E-state index in [1.54, 1.807) is 0 Å². The zero-order chi connectivity index (χ0) is 63.9. The summed E-state index contributed by atoms with van der Waals surface area (Å²) >= 11 is 7.00. The largest absolute Gasteiger partial charge is 0.508 e. The van der Waals surface area contributed by atoms with Crippen molar-refractivity contribution in [2.45, 2.75) is 308 Å². The molecule has 13 nitrogen and oxygen atoms in total. The van der Waals surface area contributed by atoms with E-state index in [9.17, 15) is 40.4 Å². The van der Waals surface area contributed by atoms with Crippen molar-refractivity contribution >= 4 is 37.6 Å². The van der Waals surface area contributed by atoms with Crippen LogP contribution < -0.4 is 14.2 Å². The predicted octanol–water partition coefficient (Wildman–Crippen LogP) is 19.0. The minimum atomic E-state index is -0.745. The van der Waals surface area contributed by atoms with Crippen LogP contribution in [0.1, 0.15) is 296 Å². The van der Waals surface area contributed by atoms with Crippen molar-refractivity contribution in [1.82, 2.24) is 0 Å². The number of aliphatic hydroxyl groups is 2. The number of rotatable bonds is 23. The van der Waals surface area contributed by atoms with Gasteiger partial charge >= 0.3 is 0 Å². The molecule has 3 aliphatic heterocycles. The number of aromatic hydroxyl groups is 3. The number of ketones is 1. The van der Waals surface area contributed by atoms with Crippen LogP contribution in [0.2, 0.25) is 0 Å². The number of aliphatic hydroxyl groups excluding tert-OH is 2. The van der Waals surface area contributed by atoms with Gasteiger partial charge < -0.3 is 44.6 Å². The molecule has 0 aromatic heterocycles. The van der Waals surface area contributed by atoms with E-state index in [1.165, 1.54) is 51.4 Å². The maximum absolute atomic E-state index is 12.1. The van der Waals surface area contributed by atoms with E-state index >= 15 is 0 Å². The number of alkyl halides is 2. The quantitative estimate of drug-likeness (QED) is 0.0261. The van der Waals surface area contributed by atoms with Gasteiger partial charge in [-0.3, -0.25) is 4.79 Å². The van der Waals surface area contributed by atoms with Crippen molar-refractivity contribution in [2.75, 3.05) is 17.3 Å². The van der Waals surface area contributed by atoms with Crippen LogP contribution in [0, 0.1) is 27.9 Å². The summed E-state index contributed by atoms with van der Waals surface area (Å²) in [5.41, 5.74) is 4.86. The van der Waals surface area contributed by atoms with Crippen molar-refractivity contribution in [3.63, 3.8) is 0 Å². The number of carbonyl (C=O) groups is 1. The Labute approximate surface area is 546 Å². The molecule has 15 heteroatoms. The van der Waals surface area contributed by atoms with Gasteiger partial charge in [-0.25, -0.2) is 0 Å². The molecule has 3 aromatic rings. The lowest BCUT2D eigenvalue weighted by Gasteiger charge is -2.48. The lowest BCUT2D eigenvalue weighted by molar-refractivity contribution is -0.757. The second-order valence-electron chi connectivity index (χ2n) is 30.3. The van der Waals surface area contributed by atoms with Crippen molar-refractivity contribution < 1.29 is 54.5 Å². The number of fused-ring (bicyclic) bond motifs is 9. The molecule has 2 unspecified atom stereocenters. The molecule has 3 heterocycles. The van der Waals surface area contributed by atoms with Crippen LogP contribution >= 0.6 is 31.9 Å². The van der Waals surface area contributed by atoms with Gasteiger partial charge in [-0.05, 0) is 194 Å². The molecular weight excluding hydrogens is 1240 g/mol. The number of benzene rings is 3. The highest BCUT2D eigenvalue weighted by Gasteiger charge is 2.51. The molecule has 3 aromatic carbocycles. The number of Topliss-reactive ketones (excluding diaryl/α,β-unsaturated/α-hetero) is 1. The number of hydrogen-bond donors (Lipinski definition) is 5. The summed E-state index contributed by atoms with van der Waals surface area (Å²) in [4.78, 5) is 26.7. The minimum Gasteiger partial charge on any atom is -0.508 e. The maximum atomic E-state index is 12.1. The first kappa shape index (κ1) is 73.3. The predicted molar refractivity (Wildman–Crippen MR) is 361 cm³/mol. The van der Waals surface area contributed by atoms with Gasteiger partial charge in [-0.2, -0.15) is 0 Å². The van der Waals surface area contributed by atoms with Gasteiger partial charge in [0.15, 0.2) is 0 Å². The van der Waals surface area contributed by atoms with Crippen LogP contribution in [0.4, 0.5) is 0 Å². The number of halogens is 2. The summed E-state index contributed by atoms with van der Waals surface area (Å²) in [6, 6.07) is 12.1. The van der Waals surface area contributed by atoms with Crippen LogP contribution in [-0.4, -0.2) is 82.7 Å². The molecule has 0 saturated heterocycles. The van der Waals surface area contributed by atoms with E-state index in [0.717, 1.165) is 132 Å². The van der Waals surface area contributed by atoms with Gasteiger partial charge in [-0.15, -0.1) is 10.1 Å². The molecule has 6 aliphatic rings. The van der Waals surface area contributed by atoms with Crippen LogP contribution in [0.5, 0.6) is 34.5 Å². The molecule has 88 heavy (non-hydrogen) atoms. The zero-order valence-electron chi connectivity index (χ0n) is 55.0. The Hall–Kier alpha value is -3.79. The number of ether oxygens (including phenoxy) is 3. The van der Waals surface area contributed by atoms with Crippen LogP contribution in [0.15, 0.2) is 36.4 Å². The Morgan fingerprint density at radius 2 is 0.852 bits per heavy atom. The fourth-order valence-corrected chi connectivity index (χ4v) is 16.6. The monoisotopic (exact) mass is 1350 g/mol. The summed E-state index contributed by atoms with van der Waals surface area (Å²) < 4.78 is 19.3. The minimum absolute atomic E-state index is 0. The standard InChI is InChI=1S/C24H37BrO3.C24H35BrO3.C24H37NO6.CH4/c2*1-23(2,11-7-5-6-8-12-25)16-13-20(27)22-18-15-17(26)9-10-19(18)24(3,4)28-21(22)14-16;1-23(2,11-7-5-6-8-12-30-25(28)29)16-13-20(27)22-18-15-17(26)9-10-19(18)24(3,4)31-21(22)14-16;/h13-14,17-19,26-27H,5-12,15H2,1-4H3;13-14,18-19,27H,5-12,15H2,1-4H3;13-14,17-19,26-27H,5-12,15H2,1-4H3;1H4/t17?,18-,19-;18-,19-;17?,18-,19-;/m111./s1. The molecular formula is C73H113Br2NO12. The number of nitrogens with zero attached hydrogens (tertiary/aromatic N) is 1. The van der Waals surface area contributed by atoms with Gasteiger partial charge in [0.2, 0.25) is 0 Å². The van der Waals surface area contributed by atoms with Gasteiger partial charge in [0.1, 0.15) is 57.1 Å². The van der Waals surface area contributed by atoms with E-state index in [1.807, 2.05) is 18.2 Å². The molecule has 3 aliphatic carbocycles. The molecule has 0 bridgehead atoms. The summed E-state index contributed by atoms with van der Waals surface area (Å²) in [6.45, 7) is 26.3. The highest BCUT2D eigenvalue weighted by atomic mass is 79.9. The summed E-state index contributed by atoms with van der Waals surface area (Å²) in [5.74, 6) is 4.83. The van der Waals surface area contributed by atoms with E-state index in [2.05, 4.69) is 138 Å². The molecule has 0 radical (unpaired) electrons. The number of phenols is 3. The van der Waals surface area contributed by atoms with E-state index in [0.29, 0.717) is 55.3 Å². The lowest BCUT2D eigenvalue weighted by Crippen LogP contribution is -2.47. The number of hydrogen-bond acceptors (Lipinski definition) is 12. The Morgan fingerprint density at radius 1 is 0.523 bits per heavy atom. The summed E-state index contributed by atoms with van der Waals surface area (Å²) in [6.07, 6.45) is 22.7. The third-order valence-corrected chi connectivity index (χ3v) is 22.3. The van der Waals surface area contributed by atoms with Gasteiger partial charge in [-0.1, -0.05) is 139 Å². The first-order chi connectivity index (χ1) is 40.8. The Bertz CT molecular complexity index is 2790. The number of carbonyl (C=O) groups excluding carboxylic acids is 1. The molecule has 5 N–H and O–H groups in total. The van der Waals surface area contributed by atoms with Gasteiger partial charge in [0.05, 0.1) is 18.8 Å². The molecule has 9 rings (SSSR count). The SMILES string of the molecule is C.CC(C)(CCCCCCBr)c1cc(O)c2c(c1)OC(C)(C)[C@@H]1CCC(=O)C[C@@H]21.CC(C)(CCCCCCBr)c1cc(O)c2c(c1)OC(C)(C)[C@@H]1CCC(O)C[C@@H]21.CC(C)(CCCCCCO[N+](=O)[O-])c1cc(O)c2c(c1)OC(C)(C)[C@@H]1CCC(O)C[C@@H]21. The van der Waals surface area contributed by atoms with E-state index < -0.39 is 5.09 Å². The second kappa shape index (κ2) is 30.8. The van der Waals surface area contributed by atoms with E-state index in [-0.39, 0.29) is 94.6 Å². The molecule has 3 fully saturated rings. The Morgan fingerprint density at radius 3 is 1.20 bits per heavy atom. The zero-order valence-corrected chi connectivity index (χ0v) is 58.1. The van der Waals surface area contributed by atoms with Gasteiger partial charge in [0, 0.05) is 75.7 Å². The molecule has 0 spiro atoms. The molecule has 3 saturated carbocycles. The average Bonchev–Trinajstić information content (AvgIpc) is 2.05. The highest BCUT2D eigenvalue weighted by molar-refractivity contribution is 9.09. The molecule has 8 atom stereocenters. The smallest absolute Gasteiger partial charge is 0.294 e. The second-order valence-corrected chi connectivity index (χ2v) is 31.9. The van der Waals surface area contributed by atoms with E-state index in [4.69, 9.17) is 14.2 Å².